The number of anilines is 2. The normalized spacial score (nSPS) is 21.8. The maximum Gasteiger partial charge on any atom is 0.244 e. The van der Waals surface area contributed by atoms with Crippen LogP contribution in [0.5, 0.6) is 0 Å². The molecule has 1 saturated heterocycles. The molecule has 1 unspecified atom stereocenters. The van der Waals surface area contributed by atoms with Gasteiger partial charge in [-0.1, -0.05) is 22.9 Å². The summed E-state index contributed by atoms with van der Waals surface area (Å²) in [7, 11) is 3.95. The molecule has 0 aromatic heterocycles. The third-order valence-corrected chi connectivity index (χ3v) is 4.46. The maximum absolute atomic E-state index is 12.6. The number of amides is 1. The Kier molecular flexibility index (Phi) is 4.70. The van der Waals surface area contributed by atoms with Crippen LogP contribution in [0, 0.1) is 0 Å². The summed E-state index contributed by atoms with van der Waals surface area (Å²) in [6, 6.07) is 5.93. The molecule has 1 aromatic carbocycles. The van der Waals surface area contributed by atoms with Gasteiger partial charge in [0.2, 0.25) is 5.91 Å². The smallest absolute Gasteiger partial charge is 0.244 e. The molecule has 2 rings (SSSR count). The predicted octanol–water partition coefficient (Wildman–Crippen LogP) is 2.99. The first-order chi connectivity index (χ1) is 9.48. The molecule has 5 heteroatoms. The van der Waals surface area contributed by atoms with Crippen molar-refractivity contribution >= 4 is 33.2 Å². The Bertz CT molecular complexity index is 496. The van der Waals surface area contributed by atoms with Crippen molar-refractivity contribution in [2.24, 2.45) is 0 Å². The number of rotatable bonds is 4. The summed E-state index contributed by atoms with van der Waals surface area (Å²) >= 11 is 3.46. The summed E-state index contributed by atoms with van der Waals surface area (Å²) in [6.45, 7) is 2.98. The van der Waals surface area contributed by atoms with Gasteiger partial charge in [0.25, 0.3) is 0 Å². The molecule has 1 heterocycles. The molecule has 1 aliphatic rings. The minimum Gasteiger partial charge on any atom is -0.376 e. The number of hydrogen-bond donors (Lipinski definition) is 2. The molecule has 1 aliphatic heterocycles. The molecular weight excluding hydrogens is 318 g/mol. The Morgan fingerprint density at radius 2 is 2.25 bits per heavy atom. The summed E-state index contributed by atoms with van der Waals surface area (Å²) in [5.74, 6) is 0.0682. The van der Waals surface area contributed by atoms with E-state index in [1.165, 1.54) is 0 Å². The van der Waals surface area contributed by atoms with Gasteiger partial charge in [-0.15, -0.1) is 0 Å². The van der Waals surface area contributed by atoms with Gasteiger partial charge < -0.3 is 15.5 Å². The van der Waals surface area contributed by atoms with Gasteiger partial charge >= 0.3 is 0 Å². The van der Waals surface area contributed by atoms with Crippen molar-refractivity contribution in [3.05, 3.63) is 22.7 Å². The van der Waals surface area contributed by atoms with Crippen molar-refractivity contribution in [1.29, 1.82) is 0 Å². The van der Waals surface area contributed by atoms with Crippen molar-refractivity contribution in [2.45, 2.75) is 31.7 Å². The highest BCUT2D eigenvalue weighted by atomic mass is 79.9. The van der Waals surface area contributed by atoms with Crippen molar-refractivity contribution in [2.75, 3.05) is 30.9 Å². The molecule has 1 atom stereocenters. The zero-order valence-electron chi connectivity index (χ0n) is 12.3. The van der Waals surface area contributed by atoms with Crippen LogP contribution >= 0.6 is 15.9 Å². The van der Waals surface area contributed by atoms with Gasteiger partial charge in [0, 0.05) is 18.6 Å². The van der Waals surface area contributed by atoms with Crippen LogP contribution in [-0.2, 0) is 4.79 Å². The highest BCUT2D eigenvalue weighted by Gasteiger charge is 2.39. The molecule has 1 amide bonds. The van der Waals surface area contributed by atoms with E-state index in [9.17, 15) is 4.79 Å². The number of hydrogen-bond acceptors (Lipinski definition) is 3. The van der Waals surface area contributed by atoms with Crippen molar-refractivity contribution in [1.82, 2.24) is 5.32 Å². The SMILES string of the molecule is CCC1(C(=O)Nc2cc(Br)ccc2N(C)C)CCCN1. The van der Waals surface area contributed by atoms with Crippen LogP contribution in [0.15, 0.2) is 22.7 Å². The van der Waals surface area contributed by atoms with E-state index in [0.29, 0.717) is 0 Å². The highest BCUT2D eigenvalue weighted by Crippen LogP contribution is 2.31. The third-order valence-electron chi connectivity index (χ3n) is 3.97. The molecule has 1 aromatic rings. The van der Waals surface area contributed by atoms with E-state index in [0.717, 1.165) is 41.7 Å². The Labute approximate surface area is 129 Å². The topological polar surface area (TPSA) is 44.4 Å². The van der Waals surface area contributed by atoms with Gasteiger partial charge in [-0.05, 0) is 44.0 Å². The van der Waals surface area contributed by atoms with E-state index in [1.807, 2.05) is 37.2 Å². The Morgan fingerprint density at radius 1 is 1.50 bits per heavy atom. The molecule has 2 N–H and O–H groups in total. The van der Waals surface area contributed by atoms with Gasteiger partial charge in [0.15, 0.2) is 0 Å². The monoisotopic (exact) mass is 339 g/mol. The molecule has 110 valence electrons. The molecule has 1 fully saturated rings. The zero-order valence-corrected chi connectivity index (χ0v) is 13.9. The predicted molar refractivity (Wildman–Crippen MR) is 87.4 cm³/mol. The van der Waals surface area contributed by atoms with Gasteiger partial charge in [-0.25, -0.2) is 0 Å². The van der Waals surface area contributed by atoms with Gasteiger partial charge in [0.05, 0.1) is 16.9 Å². The van der Waals surface area contributed by atoms with Crippen LogP contribution in [-0.4, -0.2) is 32.1 Å². The van der Waals surface area contributed by atoms with Crippen LogP contribution in [0.2, 0.25) is 0 Å². The minimum absolute atomic E-state index is 0.0682. The zero-order chi connectivity index (χ0) is 14.8. The third kappa shape index (κ3) is 2.99. The minimum atomic E-state index is -0.411. The standard InChI is InChI=1S/C15H22BrN3O/c1-4-15(8-5-9-17-15)14(20)18-12-10-11(16)6-7-13(12)19(2)3/h6-7,10,17H,4-5,8-9H2,1-3H3,(H,18,20). The van der Waals surface area contributed by atoms with E-state index < -0.39 is 5.54 Å². The van der Waals surface area contributed by atoms with Gasteiger partial charge in [-0.2, -0.15) is 0 Å². The molecule has 0 aliphatic carbocycles. The fourth-order valence-corrected chi connectivity index (χ4v) is 3.06. The van der Waals surface area contributed by atoms with Crippen molar-refractivity contribution < 1.29 is 4.79 Å². The maximum atomic E-state index is 12.6. The average Bonchev–Trinajstić information content (AvgIpc) is 2.88. The second-order valence-electron chi connectivity index (χ2n) is 5.48. The number of benzene rings is 1. The summed E-state index contributed by atoms with van der Waals surface area (Å²) in [5.41, 5.74) is 1.44. The fraction of sp³-hybridized carbons (Fsp3) is 0.533. The van der Waals surface area contributed by atoms with E-state index in [4.69, 9.17) is 0 Å². The van der Waals surface area contributed by atoms with Gasteiger partial charge in [-0.3, -0.25) is 4.79 Å². The van der Waals surface area contributed by atoms with Crippen LogP contribution in [0.1, 0.15) is 26.2 Å². The van der Waals surface area contributed by atoms with E-state index in [1.54, 1.807) is 0 Å². The lowest BCUT2D eigenvalue weighted by atomic mass is 9.93. The van der Waals surface area contributed by atoms with Crippen LogP contribution in [0.4, 0.5) is 11.4 Å². The summed E-state index contributed by atoms with van der Waals surface area (Å²) in [6.07, 6.45) is 2.77. The Balaban J connectivity index is 2.25. The summed E-state index contributed by atoms with van der Waals surface area (Å²) < 4.78 is 0.961. The molecule has 4 nitrogen and oxygen atoms in total. The van der Waals surface area contributed by atoms with Crippen LogP contribution in [0.25, 0.3) is 0 Å². The second-order valence-corrected chi connectivity index (χ2v) is 6.39. The number of halogens is 1. The van der Waals surface area contributed by atoms with Crippen LogP contribution in [0.3, 0.4) is 0 Å². The number of nitrogens with zero attached hydrogens (tertiary/aromatic N) is 1. The Morgan fingerprint density at radius 3 is 2.80 bits per heavy atom. The van der Waals surface area contributed by atoms with Crippen LogP contribution < -0.4 is 15.5 Å². The highest BCUT2D eigenvalue weighted by molar-refractivity contribution is 9.10. The molecule has 0 spiro atoms. The largest absolute Gasteiger partial charge is 0.376 e. The average molecular weight is 340 g/mol. The summed E-state index contributed by atoms with van der Waals surface area (Å²) in [5, 5.41) is 6.46. The molecule has 0 bridgehead atoms. The first kappa shape index (κ1) is 15.3. The van der Waals surface area contributed by atoms with E-state index in [-0.39, 0.29) is 5.91 Å². The number of carbonyl (C=O) groups is 1. The molecule has 20 heavy (non-hydrogen) atoms. The van der Waals surface area contributed by atoms with E-state index >= 15 is 0 Å². The van der Waals surface area contributed by atoms with Crippen molar-refractivity contribution in [3.8, 4) is 0 Å². The lowest BCUT2D eigenvalue weighted by Gasteiger charge is -2.28. The number of carbonyl (C=O) groups excluding carboxylic acids is 1. The number of nitrogens with one attached hydrogen (secondary N) is 2. The molecule has 0 saturated carbocycles. The summed E-state index contributed by atoms with van der Waals surface area (Å²) in [4.78, 5) is 14.6. The van der Waals surface area contributed by atoms with E-state index in [2.05, 4.69) is 33.5 Å². The van der Waals surface area contributed by atoms with Gasteiger partial charge in [0.1, 0.15) is 0 Å². The second kappa shape index (κ2) is 6.14. The lowest BCUT2D eigenvalue weighted by Crippen LogP contribution is -2.50. The molecular formula is C15H22BrN3O. The Hall–Kier alpha value is -1.07. The fourth-order valence-electron chi connectivity index (χ4n) is 2.70. The molecule has 0 radical (unpaired) electrons. The van der Waals surface area contributed by atoms with Crippen molar-refractivity contribution in [3.63, 3.8) is 0 Å². The first-order valence-corrected chi connectivity index (χ1v) is 7.81. The first-order valence-electron chi connectivity index (χ1n) is 7.02. The quantitative estimate of drug-likeness (QED) is 0.886. The lowest BCUT2D eigenvalue weighted by molar-refractivity contribution is -0.122.